The Morgan fingerprint density at radius 2 is 2.13 bits per heavy atom. The lowest BCUT2D eigenvalue weighted by Gasteiger charge is -2.31. The maximum Gasteiger partial charge on any atom is 0.223 e. The molecular weight excluding hydrogens is 190 g/mol. The maximum absolute atomic E-state index is 11.5. The predicted molar refractivity (Wildman–Crippen MR) is 60.2 cm³/mol. The van der Waals surface area contributed by atoms with Gasteiger partial charge in [0.25, 0.3) is 0 Å². The average molecular weight is 209 g/mol. The minimum absolute atomic E-state index is 0.0539. The van der Waals surface area contributed by atoms with Crippen LogP contribution in [0.2, 0.25) is 0 Å². The molecule has 0 aromatic rings. The van der Waals surface area contributed by atoms with E-state index in [1.807, 2.05) is 26.8 Å². The van der Waals surface area contributed by atoms with Gasteiger partial charge in [-0.1, -0.05) is 6.92 Å². The molecule has 0 heterocycles. The van der Waals surface area contributed by atoms with Crippen molar-refractivity contribution in [2.45, 2.75) is 40.2 Å². The molecule has 0 aromatic carbocycles. The van der Waals surface area contributed by atoms with E-state index in [4.69, 9.17) is 0 Å². The molecule has 1 unspecified atom stereocenters. The number of nitrogens with zero attached hydrogens (tertiary/aromatic N) is 1. The zero-order valence-corrected chi connectivity index (χ0v) is 9.82. The van der Waals surface area contributed by atoms with E-state index >= 15 is 0 Å². The average Bonchev–Trinajstić information content (AvgIpc) is 2.10. The molecule has 1 rings (SSSR count). The van der Waals surface area contributed by atoms with Crippen molar-refractivity contribution in [3.05, 3.63) is 23.6 Å². The molecule has 1 aliphatic carbocycles. The Labute approximate surface area is 91.1 Å². The number of hydrogen-bond donors (Lipinski definition) is 1. The van der Waals surface area contributed by atoms with E-state index < -0.39 is 0 Å². The zero-order chi connectivity index (χ0) is 11.6. The quantitative estimate of drug-likeness (QED) is 0.759. The van der Waals surface area contributed by atoms with Gasteiger partial charge in [-0.15, -0.1) is 0 Å². The van der Waals surface area contributed by atoms with Gasteiger partial charge in [-0.25, -0.2) is 0 Å². The number of amides is 1. The first-order valence-corrected chi connectivity index (χ1v) is 5.33. The monoisotopic (exact) mass is 209 g/mol. The summed E-state index contributed by atoms with van der Waals surface area (Å²) in [6.45, 7) is 7.51. The second-order valence-corrected chi connectivity index (χ2v) is 4.34. The number of aliphatic hydroxyl groups excluding tert-OH is 1. The molecular formula is C12H19NO2. The van der Waals surface area contributed by atoms with Crippen LogP contribution in [0.1, 0.15) is 34.1 Å². The van der Waals surface area contributed by atoms with Crippen molar-refractivity contribution in [3.8, 4) is 0 Å². The predicted octanol–water partition coefficient (Wildman–Crippen LogP) is 2.61. The zero-order valence-electron chi connectivity index (χ0n) is 9.82. The number of allylic oxidation sites excluding steroid dienone is 4. The molecule has 0 bridgehead atoms. The van der Waals surface area contributed by atoms with Crippen LogP contribution < -0.4 is 0 Å². The molecule has 0 radical (unpaired) electrons. The molecule has 3 heteroatoms. The van der Waals surface area contributed by atoms with Crippen molar-refractivity contribution >= 4 is 5.91 Å². The van der Waals surface area contributed by atoms with Crippen molar-refractivity contribution in [2.24, 2.45) is 5.92 Å². The van der Waals surface area contributed by atoms with Gasteiger partial charge in [0.2, 0.25) is 5.91 Å². The molecule has 0 aromatic heterocycles. The highest BCUT2D eigenvalue weighted by molar-refractivity contribution is 5.75. The molecule has 0 saturated carbocycles. The minimum atomic E-state index is 0.0539. The van der Waals surface area contributed by atoms with E-state index in [9.17, 15) is 9.90 Å². The van der Waals surface area contributed by atoms with Crippen molar-refractivity contribution < 1.29 is 9.90 Å². The molecule has 3 nitrogen and oxygen atoms in total. The standard InChI is InChI=1S/C12H19NO2/c1-8(2)13(10(4)14)11-5-6-12(15)9(3)7-11/h5-6,8-9,15H,7H2,1-4H3. The Bertz CT molecular complexity index is 316. The first kappa shape index (κ1) is 11.8. The van der Waals surface area contributed by atoms with Gasteiger partial charge < -0.3 is 10.0 Å². The van der Waals surface area contributed by atoms with Gasteiger partial charge in [-0.2, -0.15) is 0 Å². The van der Waals surface area contributed by atoms with Gasteiger partial charge in [0.15, 0.2) is 0 Å². The summed E-state index contributed by atoms with van der Waals surface area (Å²) in [5.41, 5.74) is 0.989. The second-order valence-electron chi connectivity index (χ2n) is 4.34. The Hall–Kier alpha value is -1.25. The number of carbonyl (C=O) groups is 1. The smallest absolute Gasteiger partial charge is 0.223 e. The summed E-state index contributed by atoms with van der Waals surface area (Å²) in [7, 11) is 0. The summed E-state index contributed by atoms with van der Waals surface area (Å²) in [6, 6.07) is 0.162. The fourth-order valence-corrected chi connectivity index (χ4v) is 1.91. The normalized spacial score (nSPS) is 21.0. The van der Waals surface area contributed by atoms with Crippen molar-refractivity contribution in [1.29, 1.82) is 0 Å². The van der Waals surface area contributed by atoms with E-state index in [1.54, 1.807) is 17.9 Å². The highest BCUT2D eigenvalue weighted by Crippen LogP contribution is 2.26. The van der Waals surface area contributed by atoms with E-state index in [0.29, 0.717) is 5.76 Å². The van der Waals surface area contributed by atoms with Gasteiger partial charge in [0.05, 0.1) is 5.76 Å². The highest BCUT2D eigenvalue weighted by atomic mass is 16.3. The summed E-state index contributed by atoms with van der Waals surface area (Å²) in [5, 5.41) is 9.47. The fourth-order valence-electron chi connectivity index (χ4n) is 1.91. The first-order valence-electron chi connectivity index (χ1n) is 5.33. The fraction of sp³-hybridized carbons (Fsp3) is 0.583. The molecule has 15 heavy (non-hydrogen) atoms. The largest absolute Gasteiger partial charge is 0.512 e. The van der Waals surface area contributed by atoms with Crippen LogP contribution in [-0.2, 0) is 4.79 Å². The minimum Gasteiger partial charge on any atom is -0.512 e. The van der Waals surface area contributed by atoms with E-state index in [0.717, 1.165) is 12.1 Å². The third-order valence-corrected chi connectivity index (χ3v) is 2.63. The van der Waals surface area contributed by atoms with E-state index in [-0.39, 0.29) is 17.9 Å². The van der Waals surface area contributed by atoms with Crippen LogP contribution in [0.25, 0.3) is 0 Å². The second kappa shape index (κ2) is 4.51. The van der Waals surface area contributed by atoms with Crippen molar-refractivity contribution in [2.75, 3.05) is 0 Å². The molecule has 0 aliphatic heterocycles. The van der Waals surface area contributed by atoms with Crippen LogP contribution in [0, 0.1) is 5.92 Å². The van der Waals surface area contributed by atoms with Gasteiger partial charge in [-0.05, 0) is 32.4 Å². The number of carbonyl (C=O) groups excluding carboxylic acids is 1. The lowest BCUT2D eigenvalue weighted by molar-refractivity contribution is -0.128. The molecule has 84 valence electrons. The Kier molecular flexibility index (Phi) is 3.56. The lowest BCUT2D eigenvalue weighted by Crippen LogP contribution is -2.35. The maximum atomic E-state index is 11.5. The van der Waals surface area contributed by atoms with Crippen LogP contribution >= 0.6 is 0 Å². The van der Waals surface area contributed by atoms with Crippen LogP contribution in [0.5, 0.6) is 0 Å². The van der Waals surface area contributed by atoms with Crippen molar-refractivity contribution in [1.82, 2.24) is 4.90 Å². The summed E-state index contributed by atoms with van der Waals surface area (Å²) in [6.07, 6.45) is 4.23. The highest BCUT2D eigenvalue weighted by Gasteiger charge is 2.22. The molecule has 0 fully saturated rings. The first-order chi connectivity index (χ1) is 6.93. The summed E-state index contributed by atoms with van der Waals surface area (Å²) in [5.74, 6) is 0.551. The van der Waals surface area contributed by atoms with Crippen LogP contribution in [0.3, 0.4) is 0 Å². The van der Waals surface area contributed by atoms with E-state index in [2.05, 4.69) is 0 Å². The van der Waals surface area contributed by atoms with Crippen molar-refractivity contribution in [3.63, 3.8) is 0 Å². The Morgan fingerprint density at radius 3 is 2.53 bits per heavy atom. The summed E-state index contributed by atoms with van der Waals surface area (Å²) in [4.78, 5) is 13.3. The number of hydrogen-bond acceptors (Lipinski definition) is 2. The van der Waals surface area contributed by atoms with Gasteiger partial charge in [-0.3, -0.25) is 4.79 Å². The number of rotatable bonds is 2. The lowest BCUT2D eigenvalue weighted by atomic mass is 9.97. The third-order valence-electron chi connectivity index (χ3n) is 2.63. The summed E-state index contributed by atoms with van der Waals surface area (Å²) < 4.78 is 0. The third kappa shape index (κ3) is 2.61. The van der Waals surface area contributed by atoms with E-state index in [1.165, 1.54) is 0 Å². The molecule has 1 aliphatic rings. The SMILES string of the molecule is CC(=O)N(C1=CC=C(O)C(C)C1)C(C)C. The van der Waals surface area contributed by atoms with Gasteiger partial charge in [0, 0.05) is 24.6 Å². The molecule has 1 atom stereocenters. The Morgan fingerprint density at radius 1 is 1.53 bits per heavy atom. The van der Waals surface area contributed by atoms with Crippen LogP contribution in [0.15, 0.2) is 23.6 Å². The van der Waals surface area contributed by atoms with Gasteiger partial charge >= 0.3 is 0 Å². The molecule has 0 spiro atoms. The molecule has 0 saturated heterocycles. The topological polar surface area (TPSA) is 40.5 Å². The Balaban J connectivity index is 2.92. The van der Waals surface area contributed by atoms with Crippen LogP contribution in [0.4, 0.5) is 0 Å². The van der Waals surface area contributed by atoms with Crippen LogP contribution in [-0.4, -0.2) is 22.0 Å². The molecule has 1 amide bonds. The molecule has 1 N–H and O–H groups in total. The number of aliphatic hydroxyl groups is 1. The summed E-state index contributed by atoms with van der Waals surface area (Å²) >= 11 is 0. The van der Waals surface area contributed by atoms with Gasteiger partial charge in [0.1, 0.15) is 0 Å².